The van der Waals surface area contributed by atoms with Crippen LogP contribution in [0.1, 0.15) is 42.7 Å². The Labute approximate surface area is 217 Å². The average Bonchev–Trinajstić information content (AvgIpc) is 3.59. The van der Waals surface area contributed by atoms with E-state index in [0.29, 0.717) is 55.4 Å². The molecule has 196 valence electrons. The Morgan fingerprint density at radius 2 is 1.73 bits per heavy atom. The first-order valence-electron chi connectivity index (χ1n) is 12.8. The van der Waals surface area contributed by atoms with Crippen molar-refractivity contribution < 1.29 is 17.7 Å². The molecule has 2 fully saturated rings. The lowest BCUT2D eigenvalue weighted by atomic mass is 9.96. The van der Waals surface area contributed by atoms with E-state index in [-0.39, 0.29) is 16.7 Å². The molecule has 10 heteroatoms. The molecule has 3 heterocycles. The summed E-state index contributed by atoms with van der Waals surface area (Å²) in [6.07, 6.45) is 3.17. The number of nitrogens with one attached hydrogen (secondary N) is 1. The monoisotopic (exact) mass is 523 g/mol. The van der Waals surface area contributed by atoms with E-state index in [0.717, 1.165) is 31.5 Å². The van der Waals surface area contributed by atoms with E-state index in [4.69, 9.17) is 4.52 Å². The second-order valence-corrected chi connectivity index (χ2v) is 11.9. The van der Waals surface area contributed by atoms with Crippen molar-refractivity contribution in [1.29, 1.82) is 0 Å². The maximum Gasteiger partial charge on any atom is 0.243 e. The molecule has 0 bridgehead atoms. The molecule has 0 saturated carbocycles. The van der Waals surface area contributed by atoms with E-state index in [1.165, 1.54) is 9.87 Å². The average molecular weight is 524 g/mol. The highest BCUT2D eigenvalue weighted by Crippen LogP contribution is 2.27. The molecule has 37 heavy (non-hydrogen) atoms. The molecule has 0 atom stereocenters. The van der Waals surface area contributed by atoms with Crippen LogP contribution in [0.3, 0.4) is 0 Å². The van der Waals surface area contributed by atoms with Gasteiger partial charge in [0.1, 0.15) is 0 Å². The standard InChI is InChI=1S/C27H33N5O4S/c1-19-5-8-21(9-6-19)26-29-25(36-30-26)18-31-15-11-22(12-16-31)27(33)28-23-10-7-20(2)24(17-23)37(34,35)32-13-3-4-14-32/h5-10,17,22H,3-4,11-16,18H2,1-2H3,(H,28,33). The number of aromatic nitrogens is 2. The number of hydrogen-bond donors (Lipinski definition) is 1. The zero-order chi connectivity index (χ0) is 26.0. The number of sulfonamides is 1. The summed E-state index contributed by atoms with van der Waals surface area (Å²) >= 11 is 0. The molecule has 2 aromatic carbocycles. The van der Waals surface area contributed by atoms with Gasteiger partial charge in [-0.3, -0.25) is 9.69 Å². The molecule has 1 amide bonds. The zero-order valence-electron chi connectivity index (χ0n) is 21.3. The summed E-state index contributed by atoms with van der Waals surface area (Å²) in [7, 11) is -3.55. The molecule has 2 aliphatic rings. The minimum Gasteiger partial charge on any atom is -0.338 e. The number of likely N-dealkylation sites (tertiary alicyclic amines) is 1. The van der Waals surface area contributed by atoms with E-state index in [1.807, 2.05) is 31.2 Å². The van der Waals surface area contributed by atoms with Crippen molar-refractivity contribution in [2.45, 2.75) is 51.0 Å². The van der Waals surface area contributed by atoms with Crippen LogP contribution in [0, 0.1) is 19.8 Å². The van der Waals surface area contributed by atoms with Gasteiger partial charge in [-0.2, -0.15) is 9.29 Å². The van der Waals surface area contributed by atoms with Crippen molar-refractivity contribution >= 4 is 21.6 Å². The van der Waals surface area contributed by atoms with Crippen LogP contribution in [0.25, 0.3) is 11.4 Å². The second-order valence-electron chi connectivity index (χ2n) is 10.0. The van der Waals surface area contributed by atoms with E-state index in [2.05, 4.69) is 20.4 Å². The maximum absolute atomic E-state index is 13.1. The van der Waals surface area contributed by atoms with Crippen LogP contribution in [-0.4, -0.2) is 59.8 Å². The minimum atomic E-state index is -3.55. The fourth-order valence-electron chi connectivity index (χ4n) is 4.95. The Hall–Kier alpha value is -3.08. The summed E-state index contributed by atoms with van der Waals surface area (Å²) < 4.78 is 33.1. The second kappa shape index (κ2) is 10.7. The minimum absolute atomic E-state index is 0.0764. The number of amides is 1. The van der Waals surface area contributed by atoms with Crippen LogP contribution in [0.5, 0.6) is 0 Å². The van der Waals surface area contributed by atoms with Crippen LogP contribution in [0.15, 0.2) is 51.9 Å². The summed E-state index contributed by atoms with van der Waals surface area (Å²) in [5.74, 6) is 0.924. The van der Waals surface area contributed by atoms with Crippen LogP contribution < -0.4 is 5.32 Å². The molecule has 1 N–H and O–H groups in total. The summed E-state index contributed by atoms with van der Waals surface area (Å²) in [6.45, 7) is 6.95. The van der Waals surface area contributed by atoms with Gasteiger partial charge < -0.3 is 9.84 Å². The van der Waals surface area contributed by atoms with Crippen molar-refractivity contribution in [2.24, 2.45) is 5.92 Å². The SMILES string of the molecule is Cc1ccc(-c2noc(CN3CCC(C(=O)Nc4ccc(C)c(S(=O)(=O)N5CCCC5)c4)CC3)n2)cc1. The van der Waals surface area contributed by atoms with Gasteiger partial charge in [0.15, 0.2) is 0 Å². The van der Waals surface area contributed by atoms with E-state index in [9.17, 15) is 13.2 Å². The maximum atomic E-state index is 13.1. The normalized spacial score (nSPS) is 17.8. The van der Waals surface area contributed by atoms with Gasteiger partial charge in [-0.05, 0) is 70.3 Å². The Bertz CT molecular complexity index is 1360. The molecule has 1 aromatic heterocycles. The fourth-order valence-corrected chi connectivity index (χ4v) is 6.72. The smallest absolute Gasteiger partial charge is 0.243 e. The molecule has 0 aliphatic carbocycles. The van der Waals surface area contributed by atoms with Crippen LogP contribution in [0.2, 0.25) is 0 Å². The number of hydrogen-bond acceptors (Lipinski definition) is 7. The first kappa shape index (κ1) is 25.6. The van der Waals surface area contributed by atoms with E-state index >= 15 is 0 Å². The Morgan fingerprint density at radius 3 is 2.43 bits per heavy atom. The van der Waals surface area contributed by atoms with E-state index in [1.54, 1.807) is 25.1 Å². The summed E-state index contributed by atoms with van der Waals surface area (Å²) in [5.41, 5.74) is 3.30. The molecule has 5 rings (SSSR count). The van der Waals surface area contributed by atoms with Gasteiger partial charge in [0.25, 0.3) is 0 Å². The predicted molar refractivity (Wildman–Crippen MR) is 140 cm³/mol. The molecule has 9 nitrogen and oxygen atoms in total. The quantitative estimate of drug-likeness (QED) is 0.499. The van der Waals surface area contributed by atoms with Crippen molar-refractivity contribution in [2.75, 3.05) is 31.5 Å². The van der Waals surface area contributed by atoms with E-state index < -0.39 is 10.0 Å². The van der Waals surface area contributed by atoms with Crippen LogP contribution in [0.4, 0.5) is 5.69 Å². The highest BCUT2D eigenvalue weighted by Gasteiger charge is 2.30. The Balaban J connectivity index is 1.16. The highest BCUT2D eigenvalue weighted by molar-refractivity contribution is 7.89. The number of benzene rings is 2. The number of anilines is 1. The predicted octanol–water partition coefficient (Wildman–Crippen LogP) is 3.99. The third kappa shape index (κ3) is 5.76. The molecular weight excluding hydrogens is 490 g/mol. The van der Waals surface area contributed by atoms with Crippen molar-refractivity contribution in [3.8, 4) is 11.4 Å². The molecule has 2 aliphatic heterocycles. The molecule has 2 saturated heterocycles. The van der Waals surface area contributed by atoms with Gasteiger partial charge in [-0.25, -0.2) is 8.42 Å². The largest absolute Gasteiger partial charge is 0.338 e. The van der Waals surface area contributed by atoms with Crippen LogP contribution in [-0.2, 0) is 21.4 Å². The van der Waals surface area contributed by atoms with Crippen LogP contribution >= 0.6 is 0 Å². The topological polar surface area (TPSA) is 109 Å². The lowest BCUT2D eigenvalue weighted by molar-refractivity contribution is -0.121. The molecular formula is C27H33N5O4S. The summed E-state index contributed by atoms with van der Waals surface area (Å²) in [5, 5.41) is 7.06. The fraction of sp³-hybridized carbons (Fsp3) is 0.444. The van der Waals surface area contributed by atoms with Crippen molar-refractivity contribution in [3.63, 3.8) is 0 Å². The number of carbonyl (C=O) groups is 1. The number of piperidine rings is 1. The van der Waals surface area contributed by atoms with Crippen molar-refractivity contribution in [1.82, 2.24) is 19.3 Å². The van der Waals surface area contributed by atoms with Gasteiger partial charge in [-0.15, -0.1) is 0 Å². The Kier molecular flexibility index (Phi) is 7.41. The highest BCUT2D eigenvalue weighted by atomic mass is 32.2. The third-order valence-corrected chi connectivity index (χ3v) is 9.27. The lowest BCUT2D eigenvalue weighted by Crippen LogP contribution is -2.37. The third-order valence-electron chi connectivity index (χ3n) is 7.23. The summed E-state index contributed by atoms with van der Waals surface area (Å²) in [6, 6.07) is 13.1. The molecule has 3 aromatic rings. The molecule has 0 unspecified atom stereocenters. The first-order valence-corrected chi connectivity index (χ1v) is 14.3. The van der Waals surface area contributed by atoms with Gasteiger partial charge in [-0.1, -0.05) is 41.1 Å². The zero-order valence-corrected chi connectivity index (χ0v) is 22.1. The van der Waals surface area contributed by atoms with Gasteiger partial charge in [0.2, 0.25) is 27.6 Å². The van der Waals surface area contributed by atoms with Crippen molar-refractivity contribution in [3.05, 3.63) is 59.5 Å². The number of carbonyl (C=O) groups excluding carboxylic acids is 1. The number of aryl methyl sites for hydroxylation is 2. The summed E-state index contributed by atoms with van der Waals surface area (Å²) in [4.78, 5) is 20.0. The molecule has 0 spiro atoms. The molecule has 0 radical (unpaired) electrons. The van der Waals surface area contributed by atoms with Gasteiger partial charge in [0, 0.05) is 30.3 Å². The number of nitrogens with zero attached hydrogens (tertiary/aromatic N) is 4. The Morgan fingerprint density at radius 1 is 1.03 bits per heavy atom. The first-order chi connectivity index (χ1) is 17.8. The number of rotatable bonds is 7. The lowest BCUT2D eigenvalue weighted by Gasteiger charge is -2.30. The van der Waals surface area contributed by atoms with Gasteiger partial charge >= 0.3 is 0 Å². The van der Waals surface area contributed by atoms with Gasteiger partial charge in [0.05, 0.1) is 11.4 Å².